The van der Waals surface area contributed by atoms with Crippen LogP contribution in [0.4, 0.5) is 5.69 Å². The number of carbonyl (C=O) groups excluding carboxylic acids is 2. The summed E-state index contributed by atoms with van der Waals surface area (Å²) in [7, 11) is 1.96. The van der Waals surface area contributed by atoms with Gasteiger partial charge in [0.1, 0.15) is 18.1 Å². The average molecular weight is 375 g/mol. The Hall–Kier alpha value is -2.54. The molecule has 4 rings (SSSR count). The lowest BCUT2D eigenvalue weighted by atomic mass is 10.1. The van der Waals surface area contributed by atoms with Crippen molar-refractivity contribution < 1.29 is 14.3 Å². The molecule has 0 radical (unpaired) electrons. The third kappa shape index (κ3) is 3.03. The number of fused-ring (bicyclic) bond motifs is 1. The second-order valence-corrected chi connectivity index (χ2v) is 7.04. The number of amides is 2. The van der Waals surface area contributed by atoms with Crippen molar-refractivity contribution in [1.29, 1.82) is 0 Å². The number of likely N-dealkylation sites (tertiary alicyclic amines) is 1. The molecular formula is C18H19ClN4O3. The van der Waals surface area contributed by atoms with E-state index in [0.29, 0.717) is 29.5 Å². The summed E-state index contributed by atoms with van der Waals surface area (Å²) in [6.45, 7) is 1.20. The quantitative estimate of drug-likeness (QED) is 0.821. The van der Waals surface area contributed by atoms with Crippen molar-refractivity contribution in [2.24, 2.45) is 7.05 Å². The van der Waals surface area contributed by atoms with Crippen molar-refractivity contribution in [3.05, 3.63) is 41.4 Å². The number of imidazole rings is 1. The van der Waals surface area contributed by atoms with E-state index in [2.05, 4.69) is 4.98 Å². The summed E-state index contributed by atoms with van der Waals surface area (Å²) >= 11 is 6.05. The molecule has 1 fully saturated rings. The summed E-state index contributed by atoms with van der Waals surface area (Å²) in [5, 5.41) is 0.496. The van der Waals surface area contributed by atoms with Crippen molar-refractivity contribution >= 4 is 29.1 Å². The van der Waals surface area contributed by atoms with Gasteiger partial charge in [-0.3, -0.25) is 14.5 Å². The smallest absolute Gasteiger partial charge is 0.265 e. The van der Waals surface area contributed by atoms with Crippen LogP contribution in [0.2, 0.25) is 5.02 Å². The monoisotopic (exact) mass is 374 g/mol. The zero-order chi connectivity index (χ0) is 18.3. The predicted molar refractivity (Wildman–Crippen MR) is 96.4 cm³/mol. The van der Waals surface area contributed by atoms with Crippen LogP contribution in [0.5, 0.6) is 5.75 Å². The first-order valence-electron chi connectivity index (χ1n) is 8.50. The molecule has 8 heteroatoms. The molecule has 2 aliphatic heterocycles. The van der Waals surface area contributed by atoms with Crippen LogP contribution in [-0.2, 0) is 16.6 Å². The third-order valence-electron chi connectivity index (χ3n) is 4.92. The Kier molecular flexibility index (Phi) is 4.32. The third-order valence-corrected chi connectivity index (χ3v) is 5.16. The number of hydrogen-bond acceptors (Lipinski definition) is 4. The lowest BCUT2D eigenvalue weighted by Crippen LogP contribution is -2.46. The van der Waals surface area contributed by atoms with Crippen molar-refractivity contribution in [2.45, 2.75) is 12.3 Å². The van der Waals surface area contributed by atoms with Crippen LogP contribution in [-0.4, -0.2) is 52.5 Å². The summed E-state index contributed by atoms with van der Waals surface area (Å²) in [6.07, 6.45) is 4.55. The zero-order valence-electron chi connectivity index (χ0n) is 14.4. The van der Waals surface area contributed by atoms with Gasteiger partial charge in [-0.25, -0.2) is 4.98 Å². The Bertz CT molecular complexity index is 866. The molecule has 1 saturated heterocycles. The van der Waals surface area contributed by atoms with E-state index in [1.165, 1.54) is 4.90 Å². The minimum absolute atomic E-state index is 0.0111. The number of anilines is 1. The maximum absolute atomic E-state index is 12.8. The van der Waals surface area contributed by atoms with E-state index in [1.54, 1.807) is 29.3 Å². The number of ether oxygens (including phenoxy) is 1. The number of halogens is 1. The van der Waals surface area contributed by atoms with E-state index >= 15 is 0 Å². The molecule has 1 atom stereocenters. The van der Waals surface area contributed by atoms with Crippen molar-refractivity contribution in [3.63, 3.8) is 0 Å². The van der Waals surface area contributed by atoms with Gasteiger partial charge in [0, 0.05) is 43.5 Å². The van der Waals surface area contributed by atoms with E-state index in [0.717, 1.165) is 12.2 Å². The van der Waals surface area contributed by atoms with Gasteiger partial charge in [-0.05, 0) is 24.6 Å². The fourth-order valence-corrected chi connectivity index (χ4v) is 3.72. The van der Waals surface area contributed by atoms with Crippen LogP contribution in [0.25, 0.3) is 0 Å². The first-order chi connectivity index (χ1) is 12.5. The van der Waals surface area contributed by atoms with Crippen LogP contribution in [0.1, 0.15) is 18.2 Å². The molecule has 0 spiro atoms. The number of hydrogen-bond donors (Lipinski definition) is 0. The largest absolute Gasteiger partial charge is 0.482 e. The van der Waals surface area contributed by atoms with E-state index in [4.69, 9.17) is 16.3 Å². The second kappa shape index (κ2) is 6.64. The Morgan fingerprint density at radius 3 is 3.04 bits per heavy atom. The van der Waals surface area contributed by atoms with E-state index < -0.39 is 0 Å². The summed E-state index contributed by atoms with van der Waals surface area (Å²) in [4.78, 5) is 32.7. The molecule has 136 valence electrons. The van der Waals surface area contributed by atoms with Gasteiger partial charge in [0.15, 0.2) is 6.61 Å². The fourth-order valence-electron chi connectivity index (χ4n) is 3.55. The van der Waals surface area contributed by atoms with Gasteiger partial charge in [-0.2, -0.15) is 0 Å². The molecule has 0 saturated carbocycles. The molecule has 7 nitrogen and oxygen atoms in total. The Morgan fingerprint density at radius 2 is 2.27 bits per heavy atom. The molecule has 1 aromatic heterocycles. The summed E-state index contributed by atoms with van der Waals surface area (Å²) < 4.78 is 7.41. The first-order valence-corrected chi connectivity index (χ1v) is 8.88. The summed E-state index contributed by atoms with van der Waals surface area (Å²) in [5.41, 5.74) is 0.543. The highest BCUT2D eigenvalue weighted by atomic mass is 35.5. The normalized spacial score (nSPS) is 19.5. The molecule has 1 unspecified atom stereocenters. The summed E-state index contributed by atoms with van der Waals surface area (Å²) in [5.74, 6) is 1.45. The van der Waals surface area contributed by atoms with Gasteiger partial charge < -0.3 is 14.2 Å². The fraction of sp³-hybridized carbons (Fsp3) is 0.389. The number of nitrogens with zero attached hydrogens (tertiary/aromatic N) is 4. The van der Waals surface area contributed by atoms with Crippen molar-refractivity contribution in [2.75, 3.05) is 31.1 Å². The molecule has 3 heterocycles. The molecule has 2 aliphatic rings. The van der Waals surface area contributed by atoms with Crippen LogP contribution in [0.3, 0.4) is 0 Å². The Balaban J connectivity index is 1.48. The second-order valence-electron chi connectivity index (χ2n) is 6.60. The van der Waals surface area contributed by atoms with Crippen LogP contribution in [0.15, 0.2) is 30.6 Å². The van der Waals surface area contributed by atoms with Gasteiger partial charge in [0.2, 0.25) is 5.91 Å². The van der Waals surface area contributed by atoms with Gasteiger partial charge in [-0.15, -0.1) is 0 Å². The Morgan fingerprint density at radius 1 is 1.42 bits per heavy atom. The maximum Gasteiger partial charge on any atom is 0.265 e. The first kappa shape index (κ1) is 16.9. The number of benzene rings is 1. The van der Waals surface area contributed by atoms with Crippen molar-refractivity contribution in [1.82, 2.24) is 14.5 Å². The number of carbonyl (C=O) groups is 2. The zero-order valence-corrected chi connectivity index (χ0v) is 15.1. The molecular weight excluding hydrogens is 356 g/mol. The molecule has 0 N–H and O–H groups in total. The van der Waals surface area contributed by atoms with Crippen LogP contribution in [0, 0.1) is 0 Å². The average Bonchev–Trinajstić information content (AvgIpc) is 3.26. The SMILES string of the molecule is Cn1ccnc1C1CCN(C(=O)CN2C(=O)COc3ccc(Cl)cc32)C1. The standard InChI is InChI=1S/C18H19ClN4O3/c1-21-7-5-20-18(21)12-4-6-22(9-12)16(24)10-23-14-8-13(19)2-3-15(14)26-11-17(23)25/h2-3,5,7-8,12H,4,6,9-11H2,1H3. The lowest BCUT2D eigenvalue weighted by Gasteiger charge is -2.30. The highest BCUT2D eigenvalue weighted by Gasteiger charge is 2.33. The van der Waals surface area contributed by atoms with E-state index in [-0.39, 0.29) is 30.9 Å². The van der Waals surface area contributed by atoms with Crippen LogP contribution < -0.4 is 9.64 Å². The van der Waals surface area contributed by atoms with Crippen LogP contribution >= 0.6 is 11.6 Å². The van der Waals surface area contributed by atoms with Gasteiger partial charge >= 0.3 is 0 Å². The molecule has 0 aliphatic carbocycles. The highest BCUT2D eigenvalue weighted by Crippen LogP contribution is 2.34. The lowest BCUT2D eigenvalue weighted by molar-refractivity contribution is -0.131. The van der Waals surface area contributed by atoms with Gasteiger partial charge in [0.25, 0.3) is 5.91 Å². The minimum Gasteiger partial charge on any atom is -0.482 e. The number of rotatable bonds is 3. The maximum atomic E-state index is 12.8. The van der Waals surface area contributed by atoms with E-state index in [9.17, 15) is 9.59 Å². The van der Waals surface area contributed by atoms with E-state index in [1.807, 2.05) is 17.8 Å². The minimum atomic E-state index is -0.243. The predicted octanol–water partition coefficient (Wildman–Crippen LogP) is 1.81. The van der Waals surface area contributed by atoms with Crippen molar-refractivity contribution in [3.8, 4) is 5.75 Å². The highest BCUT2D eigenvalue weighted by molar-refractivity contribution is 6.31. The molecule has 1 aromatic carbocycles. The molecule has 0 bridgehead atoms. The topological polar surface area (TPSA) is 67.7 Å². The summed E-state index contributed by atoms with van der Waals surface area (Å²) in [6, 6.07) is 5.07. The number of aromatic nitrogens is 2. The Labute approximate surface area is 156 Å². The molecule has 26 heavy (non-hydrogen) atoms. The molecule has 2 aromatic rings. The van der Waals surface area contributed by atoms with Gasteiger partial charge in [0.05, 0.1) is 5.69 Å². The molecule has 2 amide bonds. The number of aryl methyl sites for hydroxylation is 1. The van der Waals surface area contributed by atoms with Gasteiger partial charge in [-0.1, -0.05) is 11.6 Å².